The number of fused-ring (bicyclic) bond motifs is 9. The first-order valence-electron chi connectivity index (χ1n) is 17.1. The predicted octanol–water partition coefficient (Wildman–Crippen LogP) is 12.4. The third kappa shape index (κ3) is 4.32. The van der Waals surface area contributed by atoms with Gasteiger partial charge in [0.25, 0.3) is 0 Å². The normalized spacial score (nSPS) is 11.9. The summed E-state index contributed by atoms with van der Waals surface area (Å²) in [5, 5.41) is 4.92. The molecule has 4 nitrogen and oxygen atoms in total. The number of hydrogen-bond donors (Lipinski definition) is 0. The Kier molecular flexibility index (Phi) is 6.09. The monoisotopic (exact) mass is 668 g/mol. The van der Waals surface area contributed by atoms with Crippen molar-refractivity contribution in [2.45, 2.75) is 0 Å². The van der Waals surface area contributed by atoms with Crippen LogP contribution in [0, 0.1) is 0 Å². The smallest absolute Gasteiger partial charge is 0.0963 e. The molecule has 0 saturated carbocycles. The van der Waals surface area contributed by atoms with Gasteiger partial charge in [-0.2, -0.15) is 0 Å². The molecule has 238 valence electrons. The first-order chi connectivity index (χ1) is 25.3. The van der Waals surface area contributed by atoms with Crippen molar-refractivity contribution >= 4 is 75.4 Å². The maximum absolute atomic E-state index is 4.83. The summed E-state index contributed by atoms with van der Waals surface area (Å²) in [4.78, 5) is 9.65. The largest absolute Gasteiger partial charge is 0.308 e. The zero-order valence-electron chi connectivity index (χ0n) is 27.4. The van der Waals surface area contributed by atoms with Crippen LogP contribution in [0.3, 0.4) is 0 Å². The van der Waals surface area contributed by atoms with Crippen molar-refractivity contribution in [2.24, 2.45) is 0 Å². The number of nitrogens with zero attached hydrogens (tertiary/aromatic N) is 4. The van der Waals surface area contributed by atoms with Crippen LogP contribution in [0.1, 0.15) is 0 Å². The second-order valence-electron chi connectivity index (χ2n) is 13.1. The van der Waals surface area contributed by atoms with Gasteiger partial charge in [-0.25, -0.2) is 0 Å². The summed E-state index contributed by atoms with van der Waals surface area (Å²) in [6, 6.07) is 57.0. The van der Waals surface area contributed by atoms with Crippen molar-refractivity contribution in [3.05, 3.63) is 170 Å². The summed E-state index contributed by atoms with van der Waals surface area (Å²) >= 11 is 1.86. The van der Waals surface area contributed by atoms with Crippen LogP contribution in [0.5, 0.6) is 0 Å². The molecule has 6 aromatic carbocycles. The number of rotatable bonds is 4. The van der Waals surface area contributed by atoms with Gasteiger partial charge in [-0.05, 0) is 95.1 Å². The van der Waals surface area contributed by atoms with Crippen LogP contribution in [0.15, 0.2) is 170 Å². The molecular formula is C46H28N4S. The van der Waals surface area contributed by atoms with Gasteiger partial charge in [0, 0.05) is 54.7 Å². The molecule has 5 aromatic heterocycles. The van der Waals surface area contributed by atoms with Gasteiger partial charge in [0.1, 0.15) is 0 Å². The highest BCUT2D eigenvalue weighted by atomic mass is 32.1. The van der Waals surface area contributed by atoms with E-state index < -0.39 is 0 Å². The van der Waals surface area contributed by atoms with Crippen molar-refractivity contribution in [2.75, 3.05) is 0 Å². The van der Waals surface area contributed by atoms with E-state index in [1.54, 1.807) is 0 Å². The van der Waals surface area contributed by atoms with Crippen LogP contribution < -0.4 is 0 Å². The second kappa shape index (κ2) is 11.0. The predicted molar refractivity (Wildman–Crippen MR) is 214 cm³/mol. The number of para-hydroxylation sites is 2. The Morgan fingerprint density at radius 1 is 0.353 bits per heavy atom. The Morgan fingerprint density at radius 3 is 1.47 bits per heavy atom. The molecular weight excluding hydrogens is 641 g/mol. The lowest BCUT2D eigenvalue weighted by atomic mass is 9.98. The molecule has 5 heterocycles. The molecule has 0 saturated heterocycles. The molecule has 0 amide bonds. The molecule has 0 aliphatic carbocycles. The number of thiophene rings is 1. The van der Waals surface area contributed by atoms with Gasteiger partial charge < -0.3 is 9.13 Å². The summed E-state index contributed by atoms with van der Waals surface area (Å²) in [7, 11) is 0. The maximum Gasteiger partial charge on any atom is 0.0963 e. The van der Waals surface area contributed by atoms with E-state index in [1.807, 2.05) is 35.9 Å². The molecule has 0 unspecified atom stereocenters. The molecule has 5 heteroatoms. The molecule has 0 aliphatic rings. The minimum atomic E-state index is 1.00. The van der Waals surface area contributed by atoms with E-state index in [0.717, 1.165) is 66.4 Å². The number of hydrogen-bond acceptors (Lipinski definition) is 3. The van der Waals surface area contributed by atoms with Crippen molar-refractivity contribution < 1.29 is 0 Å². The van der Waals surface area contributed by atoms with E-state index in [-0.39, 0.29) is 0 Å². The zero-order valence-corrected chi connectivity index (χ0v) is 28.2. The Hall–Kier alpha value is -6.56. The highest BCUT2D eigenvalue weighted by molar-refractivity contribution is 7.25. The highest BCUT2D eigenvalue weighted by Gasteiger charge is 2.18. The molecule has 0 fully saturated rings. The van der Waals surface area contributed by atoms with E-state index in [2.05, 4.69) is 155 Å². The van der Waals surface area contributed by atoms with E-state index >= 15 is 0 Å². The van der Waals surface area contributed by atoms with E-state index in [4.69, 9.17) is 9.97 Å². The summed E-state index contributed by atoms with van der Waals surface area (Å²) in [6.45, 7) is 0. The molecule has 0 bridgehead atoms. The van der Waals surface area contributed by atoms with Gasteiger partial charge in [-0.15, -0.1) is 11.3 Å². The molecule has 51 heavy (non-hydrogen) atoms. The average Bonchev–Trinajstić information content (AvgIpc) is 3.85. The Morgan fingerprint density at radius 2 is 0.843 bits per heavy atom. The molecule has 0 N–H and O–H groups in total. The van der Waals surface area contributed by atoms with Gasteiger partial charge in [0.05, 0.1) is 33.1 Å². The molecule has 11 rings (SSSR count). The number of benzene rings is 6. The molecule has 0 atom stereocenters. The zero-order chi connectivity index (χ0) is 33.5. The van der Waals surface area contributed by atoms with E-state index in [9.17, 15) is 0 Å². The second-order valence-corrected chi connectivity index (χ2v) is 14.2. The van der Waals surface area contributed by atoms with Crippen LogP contribution in [0.25, 0.3) is 97.7 Å². The third-order valence-corrected chi connectivity index (χ3v) is 11.4. The van der Waals surface area contributed by atoms with Gasteiger partial charge in [-0.3, -0.25) is 9.97 Å². The standard InChI is InChI=1S/C46H28N4S/c1-4-12-39-36(10-1)45-41(14-7-23-47-45)49(39)33-25-32(26-34(28-33)50-40-13-5-2-11-37(40)46-42(50)15-8-24-48-46)30-19-17-29(18-20-30)31-21-22-44-38(27-31)35-9-3-6-16-43(35)51-44/h1-28H. The van der Waals surface area contributed by atoms with Gasteiger partial charge in [0.15, 0.2) is 0 Å². The van der Waals surface area contributed by atoms with Crippen LogP contribution in [-0.2, 0) is 0 Å². The van der Waals surface area contributed by atoms with Crippen LogP contribution >= 0.6 is 11.3 Å². The lowest BCUT2D eigenvalue weighted by molar-refractivity contribution is 1.13. The lowest BCUT2D eigenvalue weighted by Crippen LogP contribution is -2.00. The van der Waals surface area contributed by atoms with Crippen LogP contribution in [0.2, 0.25) is 0 Å². The summed E-state index contributed by atoms with van der Waals surface area (Å²) < 4.78 is 7.35. The first kappa shape index (κ1) is 28.3. The minimum absolute atomic E-state index is 1.00. The van der Waals surface area contributed by atoms with Crippen molar-refractivity contribution in [3.8, 4) is 33.6 Å². The fourth-order valence-corrected chi connectivity index (χ4v) is 8.99. The van der Waals surface area contributed by atoms with Crippen LogP contribution in [0.4, 0.5) is 0 Å². The van der Waals surface area contributed by atoms with Crippen molar-refractivity contribution in [1.82, 2.24) is 19.1 Å². The van der Waals surface area contributed by atoms with Crippen LogP contribution in [-0.4, -0.2) is 19.1 Å². The van der Waals surface area contributed by atoms with Gasteiger partial charge in [0.2, 0.25) is 0 Å². The Bertz CT molecular complexity index is 2910. The number of pyridine rings is 2. The van der Waals surface area contributed by atoms with E-state index in [0.29, 0.717) is 0 Å². The highest BCUT2D eigenvalue weighted by Crippen LogP contribution is 2.39. The van der Waals surface area contributed by atoms with Gasteiger partial charge >= 0.3 is 0 Å². The van der Waals surface area contributed by atoms with E-state index in [1.165, 1.54) is 31.3 Å². The summed E-state index contributed by atoms with van der Waals surface area (Å²) in [5.74, 6) is 0. The molecule has 0 spiro atoms. The molecule has 0 aliphatic heterocycles. The lowest BCUT2D eigenvalue weighted by Gasteiger charge is -2.16. The first-order valence-corrected chi connectivity index (χ1v) is 18.0. The minimum Gasteiger partial charge on any atom is -0.308 e. The topological polar surface area (TPSA) is 35.6 Å². The maximum atomic E-state index is 4.83. The molecule has 0 radical (unpaired) electrons. The summed E-state index contributed by atoms with van der Waals surface area (Å²) in [6.07, 6.45) is 3.76. The third-order valence-electron chi connectivity index (χ3n) is 10.2. The quantitative estimate of drug-likeness (QED) is 0.187. The fraction of sp³-hybridized carbons (Fsp3) is 0. The average molecular weight is 669 g/mol. The van der Waals surface area contributed by atoms with Crippen molar-refractivity contribution in [3.63, 3.8) is 0 Å². The van der Waals surface area contributed by atoms with Crippen molar-refractivity contribution in [1.29, 1.82) is 0 Å². The number of aromatic nitrogens is 4. The van der Waals surface area contributed by atoms with Gasteiger partial charge in [-0.1, -0.05) is 84.9 Å². The fourth-order valence-electron chi connectivity index (χ4n) is 7.90. The SMILES string of the molecule is c1ccc2c(c1)sc1ccc(-c3ccc(-c4cc(-n5c6ccccc6c6ncccc65)cc(-n5c6ccccc6c6ncccc65)c4)cc3)cc12. The Labute approximate surface area is 297 Å². The summed E-state index contributed by atoms with van der Waals surface area (Å²) in [5.41, 5.74) is 13.3. The Balaban J connectivity index is 1.13. The molecule has 11 aromatic rings.